The van der Waals surface area contributed by atoms with Crippen LogP contribution in [0.4, 0.5) is 0 Å². The van der Waals surface area contributed by atoms with E-state index in [2.05, 4.69) is 6.58 Å². The molecule has 2 heteroatoms. The van der Waals surface area contributed by atoms with Gasteiger partial charge in [0.15, 0.2) is 11.4 Å². The van der Waals surface area contributed by atoms with E-state index in [4.69, 9.17) is 4.74 Å². The smallest absolute Gasteiger partial charge is 0.191 e. The van der Waals surface area contributed by atoms with Crippen LogP contribution in [0.2, 0.25) is 0 Å². The van der Waals surface area contributed by atoms with Crippen molar-refractivity contribution in [1.82, 2.24) is 0 Å². The summed E-state index contributed by atoms with van der Waals surface area (Å²) >= 11 is 0. The van der Waals surface area contributed by atoms with Crippen LogP contribution in [0.5, 0.6) is 0 Å². The molecule has 1 rings (SSSR count). The fourth-order valence-electron chi connectivity index (χ4n) is 1.71. The summed E-state index contributed by atoms with van der Waals surface area (Å²) in [6.45, 7) is 7.63. The van der Waals surface area contributed by atoms with Crippen LogP contribution in [0.3, 0.4) is 0 Å². The summed E-state index contributed by atoms with van der Waals surface area (Å²) < 4.78 is 5.31. The Bertz CT molecular complexity index is 276. The highest BCUT2D eigenvalue weighted by molar-refractivity contribution is 6.00. The summed E-state index contributed by atoms with van der Waals surface area (Å²) in [6.07, 6.45) is 3.30. The maximum absolute atomic E-state index is 11.7. The molecule has 0 aromatic heterocycles. The van der Waals surface area contributed by atoms with Gasteiger partial charge in [-0.2, -0.15) is 0 Å². The van der Waals surface area contributed by atoms with Crippen LogP contribution < -0.4 is 0 Å². The van der Waals surface area contributed by atoms with Crippen molar-refractivity contribution in [3.63, 3.8) is 0 Å². The Balaban J connectivity index is 3.04. The van der Waals surface area contributed by atoms with Crippen LogP contribution in [0, 0.1) is 0 Å². The number of hydrogen-bond acceptors (Lipinski definition) is 2. The molecule has 0 bridgehead atoms. The fourth-order valence-corrected chi connectivity index (χ4v) is 1.71. The third-order valence-corrected chi connectivity index (χ3v) is 2.68. The molecule has 0 aliphatic heterocycles. The van der Waals surface area contributed by atoms with Crippen LogP contribution in [0.25, 0.3) is 0 Å². The molecule has 1 aliphatic rings. The monoisotopic (exact) mass is 180 g/mol. The maximum atomic E-state index is 11.7. The molecule has 0 aromatic carbocycles. The van der Waals surface area contributed by atoms with Gasteiger partial charge in [0.1, 0.15) is 0 Å². The second-order valence-corrected chi connectivity index (χ2v) is 3.67. The molecule has 0 aromatic rings. The average Bonchev–Trinajstić information content (AvgIpc) is 2.04. The SMILES string of the molecule is C=C(C)C1(OC)CCC(C)=CC1=O. The number of carbonyl (C=O) groups excluding carboxylic acids is 1. The maximum Gasteiger partial charge on any atom is 0.191 e. The lowest BCUT2D eigenvalue weighted by atomic mass is 9.80. The van der Waals surface area contributed by atoms with E-state index in [0.29, 0.717) is 0 Å². The first-order valence-electron chi connectivity index (χ1n) is 4.45. The highest BCUT2D eigenvalue weighted by atomic mass is 16.5. The quantitative estimate of drug-likeness (QED) is 0.609. The summed E-state index contributed by atoms with van der Waals surface area (Å²) in [7, 11) is 1.57. The summed E-state index contributed by atoms with van der Waals surface area (Å²) in [6, 6.07) is 0. The molecule has 2 nitrogen and oxygen atoms in total. The van der Waals surface area contributed by atoms with Crippen LogP contribution in [0.15, 0.2) is 23.8 Å². The molecule has 0 amide bonds. The van der Waals surface area contributed by atoms with E-state index in [0.717, 1.165) is 24.0 Å². The third-order valence-electron chi connectivity index (χ3n) is 2.68. The van der Waals surface area contributed by atoms with Crippen molar-refractivity contribution in [2.45, 2.75) is 32.3 Å². The average molecular weight is 180 g/mol. The van der Waals surface area contributed by atoms with E-state index in [1.807, 2.05) is 13.8 Å². The predicted molar refractivity (Wildman–Crippen MR) is 52.6 cm³/mol. The zero-order chi connectivity index (χ0) is 10.1. The van der Waals surface area contributed by atoms with E-state index in [1.54, 1.807) is 13.2 Å². The van der Waals surface area contributed by atoms with Gasteiger partial charge in [-0.05, 0) is 38.3 Å². The van der Waals surface area contributed by atoms with Crippen molar-refractivity contribution in [3.8, 4) is 0 Å². The van der Waals surface area contributed by atoms with Crippen molar-refractivity contribution in [1.29, 1.82) is 0 Å². The number of rotatable bonds is 2. The lowest BCUT2D eigenvalue weighted by molar-refractivity contribution is -0.133. The van der Waals surface area contributed by atoms with Crippen LogP contribution >= 0.6 is 0 Å². The highest BCUT2D eigenvalue weighted by Crippen LogP contribution is 2.32. The normalized spacial score (nSPS) is 28.5. The topological polar surface area (TPSA) is 26.3 Å². The van der Waals surface area contributed by atoms with E-state index < -0.39 is 5.60 Å². The zero-order valence-corrected chi connectivity index (χ0v) is 8.52. The van der Waals surface area contributed by atoms with Crippen molar-refractivity contribution in [2.24, 2.45) is 0 Å². The van der Waals surface area contributed by atoms with Gasteiger partial charge in [-0.3, -0.25) is 4.79 Å². The van der Waals surface area contributed by atoms with E-state index in [1.165, 1.54) is 0 Å². The molecule has 1 aliphatic carbocycles. The van der Waals surface area contributed by atoms with Crippen molar-refractivity contribution in [3.05, 3.63) is 23.8 Å². The van der Waals surface area contributed by atoms with Crippen LogP contribution in [-0.4, -0.2) is 18.5 Å². The van der Waals surface area contributed by atoms with E-state index in [-0.39, 0.29) is 5.78 Å². The largest absolute Gasteiger partial charge is 0.366 e. The van der Waals surface area contributed by atoms with Crippen molar-refractivity contribution < 1.29 is 9.53 Å². The summed E-state index contributed by atoms with van der Waals surface area (Å²) in [5.74, 6) is 0.0336. The Hall–Kier alpha value is -0.890. The van der Waals surface area contributed by atoms with Crippen molar-refractivity contribution >= 4 is 5.78 Å². The van der Waals surface area contributed by atoms with Gasteiger partial charge in [0.25, 0.3) is 0 Å². The standard InChI is InChI=1S/C11H16O2/c1-8(2)11(13-4)6-5-9(3)7-10(11)12/h7H,1,5-6H2,2-4H3. The minimum atomic E-state index is -0.750. The number of hydrogen-bond donors (Lipinski definition) is 0. The predicted octanol–water partition coefficient (Wildman–Crippen LogP) is 2.26. The van der Waals surface area contributed by atoms with Gasteiger partial charge < -0.3 is 4.74 Å². The van der Waals surface area contributed by atoms with Gasteiger partial charge in [-0.25, -0.2) is 0 Å². The van der Waals surface area contributed by atoms with Gasteiger partial charge in [-0.1, -0.05) is 12.2 Å². The summed E-state index contributed by atoms with van der Waals surface area (Å²) in [4.78, 5) is 11.7. The van der Waals surface area contributed by atoms with E-state index in [9.17, 15) is 4.79 Å². The van der Waals surface area contributed by atoms with Crippen LogP contribution in [-0.2, 0) is 9.53 Å². The van der Waals surface area contributed by atoms with Gasteiger partial charge in [-0.15, -0.1) is 0 Å². The second kappa shape index (κ2) is 3.46. The molecule has 0 saturated heterocycles. The molecule has 0 saturated carbocycles. The Morgan fingerprint density at radius 3 is 2.69 bits per heavy atom. The number of carbonyl (C=O) groups is 1. The molecule has 0 N–H and O–H groups in total. The first-order valence-corrected chi connectivity index (χ1v) is 4.45. The molecule has 0 fully saturated rings. The Labute approximate surface area is 79.3 Å². The fraction of sp³-hybridized carbons (Fsp3) is 0.545. The minimum Gasteiger partial charge on any atom is -0.366 e. The second-order valence-electron chi connectivity index (χ2n) is 3.67. The molecule has 1 unspecified atom stereocenters. The molecule has 0 heterocycles. The molecular weight excluding hydrogens is 164 g/mol. The Morgan fingerprint density at radius 2 is 2.31 bits per heavy atom. The number of ketones is 1. The van der Waals surface area contributed by atoms with Crippen molar-refractivity contribution in [2.75, 3.05) is 7.11 Å². The summed E-state index contributed by atoms with van der Waals surface area (Å²) in [5.41, 5.74) is 1.17. The molecule has 0 spiro atoms. The van der Waals surface area contributed by atoms with Crippen LogP contribution in [0.1, 0.15) is 26.7 Å². The molecule has 1 atom stereocenters. The molecule has 13 heavy (non-hydrogen) atoms. The first kappa shape index (κ1) is 10.2. The molecular formula is C11H16O2. The third kappa shape index (κ3) is 1.59. The van der Waals surface area contributed by atoms with Gasteiger partial charge in [0.05, 0.1) is 0 Å². The zero-order valence-electron chi connectivity index (χ0n) is 8.52. The minimum absolute atomic E-state index is 0.0336. The number of allylic oxidation sites excluding steroid dienone is 1. The number of methoxy groups -OCH3 is 1. The lowest BCUT2D eigenvalue weighted by Crippen LogP contribution is -2.42. The van der Waals surface area contributed by atoms with Gasteiger partial charge in [0, 0.05) is 7.11 Å². The lowest BCUT2D eigenvalue weighted by Gasteiger charge is -2.33. The summed E-state index contributed by atoms with van der Waals surface area (Å²) in [5, 5.41) is 0. The van der Waals surface area contributed by atoms with Gasteiger partial charge >= 0.3 is 0 Å². The Kier molecular flexibility index (Phi) is 2.71. The Morgan fingerprint density at radius 1 is 1.69 bits per heavy atom. The first-order chi connectivity index (χ1) is 6.03. The number of ether oxygens (including phenoxy) is 1. The highest BCUT2D eigenvalue weighted by Gasteiger charge is 2.39. The van der Waals surface area contributed by atoms with E-state index >= 15 is 0 Å². The molecule has 72 valence electrons. The van der Waals surface area contributed by atoms with Gasteiger partial charge in [0.2, 0.25) is 0 Å². The molecule has 0 radical (unpaired) electrons.